The van der Waals surface area contributed by atoms with Gasteiger partial charge in [-0.3, -0.25) is 4.90 Å². The summed E-state index contributed by atoms with van der Waals surface area (Å²) in [6.07, 6.45) is -0.173. The summed E-state index contributed by atoms with van der Waals surface area (Å²) in [5.41, 5.74) is -0.376. The maximum absolute atomic E-state index is 12.6. The molecule has 0 bridgehead atoms. The van der Waals surface area contributed by atoms with Gasteiger partial charge in [-0.25, -0.2) is 0 Å². The molecule has 21 heavy (non-hydrogen) atoms. The van der Waals surface area contributed by atoms with Gasteiger partial charge < -0.3 is 5.32 Å². The second-order valence-electron chi connectivity index (χ2n) is 5.74. The van der Waals surface area contributed by atoms with Gasteiger partial charge in [0.05, 0.1) is 0 Å². The number of halogens is 3. The van der Waals surface area contributed by atoms with Gasteiger partial charge in [-0.05, 0) is 31.4 Å². The van der Waals surface area contributed by atoms with E-state index in [1.807, 2.05) is 0 Å². The monoisotopic (exact) mass is 316 g/mol. The highest BCUT2D eigenvalue weighted by molar-refractivity contribution is 7.11. The van der Waals surface area contributed by atoms with Crippen LogP contribution in [-0.4, -0.2) is 30.2 Å². The molecule has 1 aliphatic heterocycles. The zero-order valence-electron chi connectivity index (χ0n) is 11.7. The van der Waals surface area contributed by atoms with Crippen molar-refractivity contribution in [1.29, 1.82) is 0 Å². The van der Waals surface area contributed by atoms with Gasteiger partial charge in [-0.1, -0.05) is 6.08 Å². The van der Waals surface area contributed by atoms with Crippen LogP contribution in [0.3, 0.4) is 0 Å². The van der Waals surface area contributed by atoms with Crippen molar-refractivity contribution in [2.45, 2.75) is 44.6 Å². The molecule has 0 aromatic carbocycles. The molecule has 0 spiro atoms. The van der Waals surface area contributed by atoms with Gasteiger partial charge in [0.1, 0.15) is 0 Å². The molecule has 3 rings (SSSR count). The number of hydrogen-bond donors (Lipinski definition) is 1. The fourth-order valence-electron chi connectivity index (χ4n) is 2.47. The Morgan fingerprint density at radius 2 is 2.00 bits per heavy atom. The highest BCUT2D eigenvalue weighted by atomic mass is 32.1. The molecule has 2 nitrogen and oxygen atoms in total. The molecule has 0 unspecified atom stereocenters. The fraction of sp³-hybridized carbons (Fsp3) is 0.600. The molecular formula is C15H19F3N2S. The summed E-state index contributed by atoms with van der Waals surface area (Å²) in [5.74, 6) is 0. The maximum Gasteiger partial charge on any atom is 0.412 e. The molecule has 2 heterocycles. The Morgan fingerprint density at radius 3 is 2.62 bits per heavy atom. The summed E-state index contributed by atoms with van der Waals surface area (Å²) in [5, 5.41) is 3.47. The topological polar surface area (TPSA) is 15.3 Å². The quantitative estimate of drug-likeness (QED) is 0.833. The highest BCUT2D eigenvalue weighted by Crippen LogP contribution is 2.31. The van der Waals surface area contributed by atoms with Crippen LogP contribution in [0.1, 0.15) is 29.0 Å². The summed E-state index contributed by atoms with van der Waals surface area (Å²) >= 11 is 1.76. The average molecular weight is 316 g/mol. The van der Waals surface area contributed by atoms with E-state index >= 15 is 0 Å². The third-order valence-corrected chi connectivity index (χ3v) is 4.97. The first-order chi connectivity index (χ1) is 10.0. The van der Waals surface area contributed by atoms with Gasteiger partial charge in [-0.2, -0.15) is 13.2 Å². The second kappa shape index (κ2) is 6.10. The van der Waals surface area contributed by atoms with E-state index in [2.05, 4.69) is 22.3 Å². The lowest BCUT2D eigenvalue weighted by molar-refractivity contribution is -0.0960. The predicted octanol–water partition coefficient (Wildman–Crippen LogP) is 3.69. The molecule has 6 heteroatoms. The van der Waals surface area contributed by atoms with E-state index in [-0.39, 0.29) is 12.0 Å². The van der Waals surface area contributed by atoms with E-state index in [9.17, 15) is 13.2 Å². The maximum atomic E-state index is 12.6. The van der Waals surface area contributed by atoms with Crippen molar-refractivity contribution >= 4 is 11.3 Å². The third kappa shape index (κ3) is 4.31. The summed E-state index contributed by atoms with van der Waals surface area (Å²) in [6.45, 7) is 2.53. The van der Waals surface area contributed by atoms with Crippen LogP contribution in [0.25, 0.3) is 0 Å². The molecule has 1 aromatic rings. The first kappa shape index (κ1) is 15.1. The summed E-state index contributed by atoms with van der Waals surface area (Å²) in [4.78, 5) is 4.60. The standard InChI is InChI=1S/C15H19F3N2S/c16-15(17,18)11-5-7-20(8-6-11)10-14-4-3-13(21-14)9-19-12-1-2-12/h3-5,12,19H,1-2,6-10H2. The average Bonchev–Trinajstić information content (AvgIpc) is 3.16. The normalized spacial score (nSPS) is 20.6. The van der Waals surface area contributed by atoms with Gasteiger partial charge >= 0.3 is 6.18 Å². The molecule has 1 saturated carbocycles. The van der Waals surface area contributed by atoms with E-state index in [0.717, 1.165) is 13.1 Å². The van der Waals surface area contributed by atoms with Crippen LogP contribution in [0.15, 0.2) is 23.8 Å². The van der Waals surface area contributed by atoms with Gasteiger partial charge in [0.25, 0.3) is 0 Å². The number of nitrogens with one attached hydrogen (secondary N) is 1. The van der Waals surface area contributed by atoms with Crippen LogP contribution in [0.4, 0.5) is 13.2 Å². The van der Waals surface area contributed by atoms with Gasteiger partial charge in [0.15, 0.2) is 0 Å². The van der Waals surface area contributed by atoms with Crippen molar-refractivity contribution in [3.05, 3.63) is 33.5 Å². The number of rotatable bonds is 5. The number of thiophene rings is 1. The minimum atomic E-state index is -4.16. The SMILES string of the molecule is FC(F)(F)C1=CCN(Cc2ccc(CNC3CC3)s2)CC1. The highest BCUT2D eigenvalue weighted by Gasteiger charge is 2.34. The predicted molar refractivity (Wildman–Crippen MR) is 78.2 cm³/mol. The van der Waals surface area contributed by atoms with E-state index < -0.39 is 6.18 Å². The van der Waals surface area contributed by atoms with Crippen molar-refractivity contribution in [3.8, 4) is 0 Å². The molecule has 0 saturated heterocycles. The van der Waals surface area contributed by atoms with E-state index in [1.54, 1.807) is 11.3 Å². The summed E-state index contributed by atoms with van der Waals surface area (Å²) in [7, 11) is 0. The van der Waals surface area contributed by atoms with Crippen molar-refractivity contribution in [3.63, 3.8) is 0 Å². The first-order valence-electron chi connectivity index (χ1n) is 7.30. The Morgan fingerprint density at radius 1 is 1.24 bits per heavy atom. The number of alkyl halides is 3. The van der Waals surface area contributed by atoms with Gasteiger partial charge in [0.2, 0.25) is 0 Å². The molecule has 0 atom stereocenters. The van der Waals surface area contributed by atoms with Gasteiger partial charge in [-0.15, -0.1) is 11.3 Å². The Balaban J connectivity index is 1.49. The van der Waals surface area contributed by atoms with E-state index in [4.69, 9.17) is 0 Å². The van der Waals surface area contributed by atoms with Crippen molar-refractivity contribution < 1.29 is 13.2 Å². The molecule has 116 valence electrons. The Bertz CT molecular complexity index is 517. The van der Waals surface area contributed by atoms with Crippen LogP contribution >= 0.6 is 11.3 Å². The summed E-state index contributed by atoms with van der Waals surface area (Å²) < 4.78 is 37.7. The largest absolute Gasteiger partial charge is 0.412 e. The number of nitrogens with zero attached hydrogens (tertiary/aromatic N) is 1. The van der Waals surface area contributed by atoms with E-state index in [1.165, 1.54) is 28.7 Å². The second-order valence-corrected chi connectivity index (χ2v) is 6.99. The molecule has 2 aliphatic rings. The van der Waals surface area contributed by atoms with Crippen LogP contribution in [0.5, 0.6) is 0 Å². The van der Waals surface area contributed by atoms with Crippen LogP contribution in [-0.2, 0) is 13.1 Å². The van der Waals surface area contributed by atoms with Crippen molar-refractivity contribution in [2.24, 2.45) is 0 Å². The third-order valence-electron chi connectivity index (χ3n) is 3.90. The molecular weight excluding hydrogens is 297 g/mol. The van der Waals surface area contributed by atoms with Crippen LogP contribution in [0.2, 0.25) is 0 Å². The molecule has 1 aliphatic carbocycles. The summed E-state index contributed by atoms with van der Waals surface area (Å²) in [6, 6.07) is 4.91. The molecule has 0 amide bonds. The van der Waals surface area contributed by atoms with Crippen LogP contribution < -0.4 is 5.32 Å². The zero-order valence-corrected chi connectivity index (χ0v) is 12.6. The zero-order chi connectivity index (χ0) is 14.9. The van der Waals surface area contributed by atoms with E-state index in [0.29, 0.717) is 19.1 Å². The first-order valence-corrected chi connectivity index (χ1v) is 8.12. The fourth-order valence-corrected chi connectivity index (χ4v) is 3.48. The van der Waals surface area contributed by atoms with Crippen molar-refractivity contribution in [1.82, 2.24) is 10.2 Å². The molecule has 1 aromatic heterocycles. The lowest BCUT2D eigenvalue weighted by atomic mass is 10.1. The van der Waals surface area contributed by atoms with Gasteiger partial charge in [0, 0.05) is 47.5 Å². The van der Waals surface area contributed by atoms with Crippen LogP contribution in [0, 0.1) is 0 Å². The molecule has 1 N–H and O–H groups in total. The number of hydrogen-bond acceptors (Lipinski definition) is 3. The molecule has 1 fully saturated rings. The Hall–Kier alpha value is -0.850. The Kier molecular flexibility index (Phi) is 4.38. The Labute approximate surface area is 126 Å². The lowest BCUT2D eigenvalue weighted by Gasteiger charge is -2.26. The minimum absolute atomic E-state index is 0.102. The minimum Gasteiger partial charge on any atom is -0.309 e. The smallest absolute Gasteiger partial charge is 0.309 e. The molecule has 0 radical (unpaired) electrons. The lowest BCUT2D eigenvalue weighted by Crippen LogP contribution is -2.31. The van der Waals surface area contributed by atoms with Crippen molar-refractivity contribution in [2.75, 3.05) is 13.1 Å².